The molecule has 10 heteroatoms. The van der Waals surface area contributed by atoms with E-state index >= 15 is 0 Å². The van der Waals surface area contributed by atoms with Crippen molar-refractivity contribution in [1.29, 1.82) is 0 Å². The third kappa shape index (κ3) is 5.71. The lowest BCUT2D eigenvalue weighted by atomic mass is 10.3. The summed E-state index contributed by atoms with van der Waals surface area (Å²) >= 11 is 1.50. The molecular formula is C13H19N5O3S2. The SMILES string of the molecule is CCCCn1nnnc1CS(=O)(=O)CC(=O)NCc1cccs1. The number of aromatic nitrogens is 4. The summed E-state index contributed by atoms with van der Waals surface area (Å²) in [7, 11) is -3.61. The molecule has 0 atom stereocenters. The molecule has 2 aromatic rings. The minimum Gasteiger partial charge on any atom is -0.350 e. The van der Waals surface area contributed by atoms with Gasteiger partial charge in [0.15, 0.2) is 15.7 Å². The van der Waals surface area contributed by atoms with Crippen molar-refractivity contribution in [3.05, 3.63) is 28.2 Å². The minimum atomic E-state index is -3.61. The van der Waals surface area contributed by atoms with Crippen LogP contribution < -0.4 is 5.32 Å². The van der Waals surface area contributed by atoms with Gasteiger partial charge in [0.05, 0.1) is 6.54 Å². The Balaban J connectivity index is 1.88. The van der Waals surface area contributed by atoms with E-state index in [0.717, 1.165) is 17.7 Å². The first-order valence-corrected chi connectivity index (χ1v) is 9.95. The lowest BCUT2D eigenvalue weighted by molar-refractivity contribution is -0.118. The number of tetrazole rings is 1. The Morgan fingerprint density at radius 3 is 2.96 bits per heavy atom. The predicted octanol–water partition coefficient (Wildman–Crippen LogP) is 0.766. The van der Waals surface area contributed by atoms with Gasteiger partial charge in [0.2, 0.25) is 5.91 Å². The molecule has 0 bridgehead atoms. The number of hydrogen-bond acceptors (Lipinski definition) is 7. The number of carbonyl (C=O) groups excluding carboxylic acids is 1. The maximum absolute atomic E-state index is 12.1. The van der Waals surface area contributed by atoms with Crippen molar-refractivity contribution in [2.24, 2.45) is 0 Å². The maximum Gasteiger partial charge on any atom is 0.235 e. The van der Waals surface area contributed by atoms with Crippen LogP contribution in [-0.4, -0.2) is 40.3 Å². The van der Waals surface area contributed by atoms with Gasteiger partial charge in [-0.15, -0.1) is 16.4 Å². The molecule has 1 N–H and O–H groups in total. The topological polar surface area (TPSA) is 107 Å². The monoisotopic (exact) mass is 357 g/mol. The van der Waals surface area contributed by atoms with E-state index < -0.39 is 21.5 Å². The van der Waals surface area contributed by atoms with Gasteiger partial charge in [-0.3, -0.25) is 4.79 Å². The van der Waals surface area contributed by atoms with Gasteiger partial charge in [-0.25, -0.2) is 13.1 Å². The summed E-state index contributed by atoms with van der Waals surface area (Å²) in [6.45, 7) is 2.93. The van der Waals surface area contributed by atoms with E-state index in [1.807, 2.05) is 24.4 Å². The molecule has 126 valence electrons. The first kappa shape index (κ1) is 17.5. The van der Waals surface area contributed by atoms with Gasteiger partial charge >= 0.3 is 0 Å². The highest BCUT2D eigenvalue weighted by Gasteiger charge is 2.21. The second kappa shape index (κ2) is 8.16. The highest BCUT2D eigenvalue weighted by atomic mass is 32.2. The third-order valence-corrected chi connectivity index (χ3v) is 5.35. The van der Waals surface area contributed by atoms with Gasteiger partial charge in [0.25, 0.3) is 0 Å². The standard InChI is InChI=1S/C13H19N5O3S2/c1-2-3-6-18-12(15-16-17-18)9-23(20,21)10-13(19)14-8-11-5-4-7-22-11/h4-5,7H,2-3,6,8-10H2,1H3,(H,14,19). The Bertz CT molecular complexity index is 725. The molecule has 2 rings (SSSR count). The molecule has 0 unspecified atom stereocenters. The predicted molar refractivity (Wildman–Crippen MR) is 86.4 cm³/mol. The third-order valence-electron chi connectivity index (χ3n) is 3.07. The Hall–Kier alpha value is -1.81. The fraction of sp³-hybridized carbons (Fsp3) is 0.538. The first-order chi connectivity index (χ1) is 11.0. The number of nitrogens with zero attached hydrogens (tertiary/aromatic N) is 4. The Morgan fingerprint density at radius 2 is 2.26 bits per heavy atom. The number of nitrogens with one attached hydrogen (secondary N) is 1. The van der Waals surface area contributed by atoms with E-state index in [9.17, 15) is 13.2 Å². The number of sulfone groups is 1. The molecule has 0 aliphatic rings. The number of thiophene rings is 1. The smallest absolute Gasteiger partial charge is 0.235 e. The number of rotatable bonds is 9. The summed E-state index contributed by atoms with van der Waals surface area (Å²) in [4.78, 5) is 12.8. The Morgan fingerprint density at radius 1 is 1.43 bits per heavy atom. The molecule has 0 saturated heterocycles. The van der Waals surface area contributed by atoms with Crippen molar-refractivity contribution in [2.75, 3.05) is 5.75 Å². The van der Waals surface area contributed by atoms with Gasteiger partial charge in [-0.05, 0) is 28.3 Å². The van der Waals surface area contributed by atoms with Gasteiger partial charge in [-0.1, -0.05) is 19.4 Å². The molecule has 0 radical (unpaired) electrons. The molecule has 0 aliphatic carbocycles. The maximum atomic E-state index is 12.1. The number of hydrogen-bond donors (Lipinski definition) is 1. The Labute approximate surface area is 138 Å². The Kier molecular flexibility index (Phi) is 6.22. The van der Waals surface area contributed by atoms with Crippen LogP contribution in [0.15, 0.2) is 17.5 Å². The molecular weight excluding hydrogens is 338 g/mol. The normalized spacial score (nSPS) is 11.5. The van der Waals surface area contributed by atoms with E-state index in [0.29, 0.717) is 13.1 Å². The van der Waals surface area contributed by atoms with Gasteiger partial charge in [0, 0.05) is 11.4 Å². The van der Waals surface area contributed by atoms with Crippen molar-refractivity contribution < 1.29 is 13.2 Å². The van der Waals surface area contributed by atoms with Crippen LogP contribution in [0.1, 0.15) is 30.5 Å². The summed E-state index contributed by atoms with van der Waals surface area (Å²) in [6.07, 6.45) is 1.82. The molecule has 0 fully saturated rings. The lowest BCUT2D eigenvalue weighted by Crippen LogP contribution is -2.30. The zero-order valence-corrected chi connectivity index (χ0v) is 14.4. The number of unbranched alkanes of at least 4 members (excludes halogenated alkanes) is 1. The van der Waals surface area contributed by atoms with Crippen LogP contribution >= 0.6 is 11.3 Å². The van der Waals surface area contributed by atoms with Gasteiger partial charge < -0.3 is 5.32 Å². The highest BCUT2D eigenvalue weighted by Crippen LogP contribution is 2.08. The molecule has 8 nitrogen and oxygen atoms in total. The van der Waals surface area contributed by atoms with Crippen molar-refractivity contribution in [3.8, 4) is 0 Å². The zero-order valence-electron chi connectivity index (χ0n) is 12.8. The van der Waals surface area contributed by atoms with Crippen LogP contribution in [0.5, 0.6) is 0 Å². The molecule has 0 aromatic carbocycles. The van der Waals surface area contributed by atoms with Crippen LogP contribution in [-0.2, 0) is 33.5 Å². The van der Waals surface area contributed by atoms with E-state index in [-0.39, 0.29) is 11.6 Å². The fourth-order valence-electron chi connectivity index (χ4n) is 1.91. The minimum absolute atomic E-state index is 0.268. The second-order valence-electron chi connectivity index (χ2n) is 5.06. The number of aryl methyl sites for hydroxylation is 1. The van der Waals surface area contributed by atoms with E-state index in [1.165, 1.54) is 16.0 Å². The van der Waals surface area contributed by atoms with Gasteiger partial charge in [0.1, 0.15) is 11.5 Å². The average Bonchev–Trinajstić information content (AvgIpc) is 3.13. The van der Waals surface area contributed by atoms with Crippen molar-refractivity contribution in [1.82, 2.24) is 25.5 Å². The molecule has 0 saturated carbocycles. The zero-order chi connectivity index (χ0) is 16.7. The van der Waals surface area contributed by atoms with Crippen molar-refractivity contribution in [2.45, 2.75) is 38.6 Å². The molecule has 0 aliphatic heterocycles. The average molecular weight is 357 g/mol. The number of carbonyl (C=O) groups is 1. The highest BCUT2D eigenvalue weighted by molar-refractivity contribution is 7.91. The van der Waals surface area contributed by atoms with Crippen LogP contribution in [0.25, 0.3) is 0 Å². The first-order valence-electron chi connectivity index (χ1n) is 7.24. The molecule has 2 heterocycles. The van der Waals surface area contributed by atoms with Crippen molar-refractivity contribution in [3.63, 3.8) is 0 Å². The van der Waals surface area contributed by atoms with E-state index in [1.54, 1.807) is 0 Å². The lowest BCUT2D eigenvalue weighted by Gasteiger charge is -2.06. The summed E-state index contributed by atoms with van der Waals surface area (Å²) in [5.41, 5.74) is 0. The largest absolute Gasteiger partial charge is 0.350 e. The van der Waals surface area contributed by atoms with Crippen LogP contribution in [0.3, 0.4) is 0 Å². The second-order valence-corrected chi connectivity index (χ2v) is 8.16. The molecule has 2 aromatic heterocycles. The quantitative estimate of drug-likeness (QED) is 0.710. The summed E-state index contributed by atoms with van der Waals surface area (Å²) in [6, 6.07) is 3.75. The molecule has 1 amide bonds. The van der Waals surface area contributed by atoms with Crippen molar-refractivity contribution >= 4 is 27.1 Å². The number of amides is 1. The van der Waals surface area contributed by atoms with Crippen LogP contribution in [0.2, 0.25) is 0 Å². The molecule has 23 heavy (non-hydrogen) atoms. The molecule has 0 spiro atoms. The van der Waals surface area contributed by atoms with E-state index in [4.69, 9.17) is 0 Å². The van der Waals surface area contributed by atoms with Crippen LogP contribution in [0, 0.1) is 0 Å². The van der Waals surface area contributed by atoms with E-state index in [2.05, 4.69) is 20.8 Å². The fourth-order valence-corrected chi connectivity index (χ4v) is 3.75. The summed E-state index contributed by atoms with van der Waals surface area (Å²) < 4.78 is 25.7. The van der Waals surface area contributed by atoms with Crippen LogP contribution in [0.4, 0.5) is 0 Å². The summed E-state index contributed by atoms with van der Waals surface area (Å²) in [5, 5.41) is 15.5. The summed E-state index contributed by atoms with van der Waals surface area (Å²) in [5.74, 6) is -1.16. The van der Waals surface area contributed by atoms with Gasteiger partial charge in [-0.2, -0.15) is 0 Å².